The Hall–Kier alpha value is -4.41. The first-order valence-electron chi connectivity index (χ1n) is 15.2. The molecule has 1 unspecified atom stereocenters. The Balaban J connectivity index is 1.60. The third-order valence-electron chi connectivity index (χ3n) is 7.47. The van der Waals surface area contributed by atoms with Crippen molar-refractivity contribution in [3.8, 4) is 11.5 Å². The van der Waals surface area contributed by atoms with Crippen LogP contribution >= 0.6 is 0 Å². The maximum atomic E-state index is 14.1. The fraction of sp³-hybridized carbons (Fsp3) is 0.343. The van der Waals surface area contributed by atoms with Crippen molar-refractivity contribution in [2.24, 2.45) is 5.73 Å². The van der Waals surface area contributed by atoms with Gasteiger partial charge in [0, 0.05) is 41.9 Å². The number of rotatable bonds is 15. The van der Waals surface area contributed by atoms with Gasteiger partial charge in [-0.1, -0.05) is 38.1 Å². The molecule has 4 rings (SSSR count). The number of carbonyl (C=O) groups excluding carboxylic acids is 2. The summed E-state index contributed by atoms with van der Waals surface area (Å²) in [4.78, 5) is 33.1. The van der Waals surface area contributed by atoms with Crippen molar-refractivity contribution >= 4 is 11.8 Å². The molecule has 0 aliphatic heterocycles. The van der Waals surface area contributed by atoms with Gasteiger partial charge in [-0.05, 0) is 73.2 Å². The van der Waals surface area contributed by atoms with Crippen molar-refractivity contribution in [2.45, 2.75) is 58.7 Å². The molecule has 0 aliphatic carbocycles. The van der Waals surface area contributed by atoms with Crippen molar-refractivity contribution in [2.75, 3.05) is 19.7 Å². The number of carbonyl (C=O) groups is 2. The summed E-state index contributed by atoms with van der Waals surface area (Å²) in [7, 11) is 0. The molecule has 10 heteroatoms. The lowest BCUT2D eigenvalue weighted by Gasteiger charge is -2.26. The minimum Gasteiger partial charge on any atom is -0.445 e. The maximum Gasteiger partial charge on any atom is 0.253 e. The largest absolute Gasteiger partial charge is 0.445 e. The second-order valence-corrected chi connectivity index (χ2v) is 10.9. The highest BCUT2D eigenvalue weighted by atomic mass is 19.1. The summed E-state index contributed by atoms with van der Waals surface area (Å²) >= 11 is 0. The van der Waals surface area contributed by atoms with E-state index in [-0.39, 0.29) is 30.4 Å². The van der Waals surface area contributed by atoms with Gasteiger partial charge in [0.25, 0.3) is 11.8 Å². The highest BCUT2D eigenvalue weighted by Gasteiger charge is 2.25. The van der Waals surface area contributed by atoms with Crippen LogP contribution in [0.5, 0.6) is 0 Å². The number of hydrogen-bond acceptors (Lipinski definition) is 6. The first kappa shape index (κ1) is 33.5. The van der Waals surface area contributed by atoms with E-state index in [9.17, 15) is 18.4 Å². The zero-order valence-corrected chi connectivity index (χ0v) is 25.9. The number of oxazole rings is 1. The van der Waals surface area contributed by atoms with Crippen molar-refractivity contribution in [3.05, 3.63) is 113 Å². The van der Waals surface area contributed by atoms with Crippen LogP contribution in [0.3, 0.4) is 0 Å². The van der Waals surface area contributed by atoms with Crippen LogP contribution in [-0.4, -0.2) is 53.5 Å². The number of nitrogens with one attached hydrogen (secondary N) is 1. The first-order valence-corrected chi connectivity index (χ1v) is 15.2. The van der Waals surface area contributed by atoms with E-state index in [4.69, 9.17) is 14.9 Å². The van der Waals surface area contributed by atoms with E-state index in [1.807, 2.05) is 32.0 Å². The van der Waals surface area contributed by atoms with Gasteiger partial charge in [0.1, 0.15) is 17.9 Å². The van der Waals surface area contributed by atoms with Crippen LogP contribution in [0.1, 0.15) is 64.6 Å². The van der Waals surface area contributed by atoms with E-state index in [1.54, 1.807) is 17.0 Å². The van der Waals surface area contributed by atoms with Crippen molar-refractivity contribution in [1.29, 1.82) is 0 Å². The molecular weight excluding hydrogens is 578 g/mol. The SMILES string of the molecule is CCCN(CC)C(=O)c1cc(C(=O)N[C@@H](Cc2cc(F)cc(F)c2)C(N)COCc2cccc(CC)c2)cc(-c2ncco2)c1. The van der Waals surface area contributed by atoms with Crippen LogP contribution in [0.25, 0.3) is 11.5 Å². The van der Waals surface area contributed by atoms with Gasteiger partial charge in [0.2, 0.25) is 5.89 Å². The number of aromatic nitrogens is 1. The van der Waals surface area contributed by atoms with Crippen molar-refractivity contribution in [1.82, 2.24) is 15.2 Å². The molecule has 2 amide bonds. The van der Waals surface area contributed by atoms with Gasteiger partial charge in [-0.25, -0.2) is 13.8 Å². The Bertz CT molecular complexity index is 1560. The zero-order chi connectivity index (χ0) is 32.3. The van der Waals surface area contributed by atoms with E-state index in [0.717, 1.165) is 24.5 Å². The quantitative estimate of drug-likeness (QED) is 0.171. The van der Waals surface area contributed by atoms with E-state index in [2.05, 4.69) is 23.3 Å². The van der Waals surface area contributed by atoms with Crippen LogP contribution in [0.15, 0.2) is 77.5 Å². The summed E-state index contributed by atoms with van der Waals surface area (Å²) < 4.78 is 39.5. The number of aryl methyl sites for hydroxylation is 1. The number of amides is 2. The molecule has 0 fully saturated rings. The van der Waals surface area contributed by atoms with Crippen LogP contribution in [0.4, 0.5) is 8.78 Å². The molecule has 0 saturated heterocycles. The second kappa shape index (κ2) is 16.1. The summed E-state index contributed by atoms with van der Waals surface area (Å²) in [6.45, 7) is 7.39. The Morgan fingerprint density at radius 3 is 2.38 bits per heavy atom. The van der Waals surface area contributed by atoms with Crippen LogP contribution in [0, 0.1) is 11.6 Å². The molecule has 0 saturated carbocycles. The third kappa shape index (κ3) is 9.29. The molecule has 1 aromatic heterocycles. The van der Waals surface area contributed by atoms with Crippen LogP contribution in [-0.2, 0) is 24.2 Å². The standard InChI is InChI=1S/C35H40F2N4O4/c1-4-11-41(6-3)35(43)28-18-26(17-27(19-28)34-39-10-12-45-34)33(42)40-32(16-25-14-29(36)20-30(37)15-25)31(38)22-44-21-24-9-7-8-23(5-2)13-24/h7-10,12-15,17-20,31-32H,4-6,11,16,21-22,38H2,1-3H3,(H,40,42)/t31?,32-/m0/s1. The first-order chi connectivity index (χ1) is 21.7. The highest BCUT2D eigenvalue weighted by molar-refractivity contribution is 6.01. The number of benzene rings is 3. The average molecular weight is 619 g/mol. The molecule has 0 aliphatic rings. The molecular formula is C35H40F2N4O4. The van der Waals surface area contributed by atoms with E-state index in [0.29, 0.717) is 36.4 Å². The van der Waals surface area contributed by atoms with E-state index < -0.39 is 29.6 Å². The zero-order valence-electron chi connectivity index (χ0n) is 25.9. The monoisotopic (exact) mass is 618 g/mol. The molecule has 45 heavy (non-hydrogen) atoms. The fourth-order valence-electron chi connectivity index (χ4n) is 5.14. The Morgan fingerprint density at radius 2 is 1.71 bits per heavy atom. The smallest absolute Gasteiger partial charge is 0.253 e. The second-order valence-electron chi connectivity index (χ2n) is 10.9. The topological polar surface area (TPSA) is 111 Å². The highest BCUT2D eigenvalue weighted by Crippen LogP contribution is 2.23. The minimum atomic E-state index is -0.766. The molecule has 2 atom stereocenters. The number of hydrogen-bond donors (Lipinski definition) is 2. The molecule has 3 aromatic carbocycles. The minimum absolute atomic E-state index is 0.0433. The third-order valence-corrected chi connectivity index (χ3v) is 7.47. The van der Waals surface area contributed by atoms with Crippen molar-refractivity contribution < 1.29 is 27.5 Å². The molecule has 4 aromatic rings. The lowest BCUT2D eigenvalue weighted by molar-refractivity contribution is 0.0764. The number of halogens is 2. The number of nitrogens with two attached hydrogens (primary N) is 1. The van der Waals surface area contributed by atoms with Gasteiger partial charge in [-0.3, -0.25) is 9.59 Å². The summed E-state index contributed by atoms with van der Waals surface area (Å²) in [5.74, 6) is -1.97. The molecule has 0 radical (unpaired) electrons. The molecule has 3 N–H and O–H groups in total. The summed E-state index contributed by atoms with van der Waals surface area (Å²) in [6, 6.07) is 14.5. The molecule has 1 heterocycles. The fourth-order valence-corrected chi connectivity index (χ4v) is 5.14. The summed E-state index contributed by atoms with van der Waals surface area (Å²) in [5, 5.41) is 2.93. The molecule has 238 valence electrons. The van der Waals surface area contributed by atoms with E-state index in [1.165, 1.54) is 36.2 Å². The summed E-state index contributed by atoms with van der Waals surface area (Å²) in [6.07, 6.45) is 4.60. The van der Waals surface area contributed by atoms with Gasteiger partial charge in [-0.2, -0.15) is 0 Å². The normalized spacial score (nSPS) is 12.5. The van der Waals surface area contributed by atoms with Gasteiger partial charge >= 0.3 is 0 Å². The predicted octanol–water partition coefficient (Wildman–Crippen LogP) is 5.94. The molecule has 8 nitrogen and oxygen atoms in total. The molecule has 0 spiro atoms. The number of ether oxygens (including phenoxy) is 1. The van der Waals surface area contributed by atoms with Gasteiger partial charge < -0.3 is 25.1 Å². The number of nitrogens with zero attached hydrogens (tertiary/aromatic N) is 2. The van der Waals surface area contributed by atoms with Crippen molar-refractivity contribution in [3.63, 3.8) is 0 Å². The Morgan fingerprint density at radius 1 is 0.978 bits per heavy atom. The Labute approximate surface area is 262 Å². The van der Waals surface area contributed by atoms with Gasteiger partial charge in [-0.15, -0.1) is 0 Å². The van der Waals surface area contributed by atoms with Crippen LogP contribution < -0.4 is 11.1 Å². The molecule has 0 bridgehead atoms. The van der Waals surface area contributed by atoms with Gasteiger partial charge in [0.05, 0.1) is 25.5 Å². The predicted molar refractivity (Wildman–Crippen MR) is 169 cm³/mol. The lowest BCUT2D eigenvalue weighted by atomic mass is 9.98. The average Bonchev–Trinajstić information content (AvgIpc) is 3.58. The van der Waals surface area contributed by atoms with E-state index >= 15 is 0 Å². The maximum absolute atomic E-state index is 14.1. The van der Waals surface area contributed by atoms with Gasteiger partial charge in [0.15, 0.2) is 0 Å². The lowest BCUT2D eigenvalue weighted by Crippen LogP contribution is -2.51. The van der Waals surface area contributed by atoms with Crippen LogP contribution in [0.2, 0.25) is 0 Å². The summed E-state index contributed by atoms with van der Waals surface area (Å²) in [5.41, 5.74) is 9.98. The Kier molecular flexibility index (Phi) is 11.9.